The summed E-state index contributed by atoms with van der Waals surface area (Å²) < 4.78 is 17.4. The lowest BCUT2D eigenvalue weighted by Gasteiger charge is -2.25. The highest BCUT2D eigenvalue weighted by molar-refractivity contribution is 6.34. The average Bonchev–Trinajstić information content (AvgIpc) is 3.52. The number of nitrogens with two attached hydrogens (primary N) is 1. The number of halogens is 2. The van der Waals surface area contributed by atoms with Gasteiger partial charge in [-0.05, 0) is 44.4 Å². The summed E-state index contributed by atoms with van der Waals surface area (Å²) in [5.41, 5.74) is 8.28. The van der Waals surface area contributed by atoms with Crippen molar-refractivity contribution >= 4 is 29.0 Å². The summed E-state index contributed by atoms with van der Waals surface area (Å²) in [5, 5.41) is 17.8. The highest BCUT2D eigenvalue weighted by Gasteiger charge is 2.48. The van der Waals surface area contributed by atoms with Crippen molar-refractivity contribution in [2.24, 2.45) is 0 Å². The van der Waals surface area contributed by atoms with Gasteiger partial charge in [0.1, 0.15) is 23.4 Å². The van der Waals surface area contributed by atoms with Crippen LogP contribution in [0.5, 0.6) is 0 Å². The Labute approximate surface area is 207 Å². The Morgan fingerprint density at radius 1 is 1.40 bits per heavy atom. The molecule has 3 aromatic rings. The number of nitriles is 1. The number of carbonyl (C=O) groups excluding carboxylic acids is 1. The topological polar surface area (TPSA) is 113 Å². The third-order valence-electron chi connectivity index (χ3n) is 7.13. The molecule has 1 aliphatic carbocycles. The Hall–Kier alpha value is -3.64. The SMILES string of the molecule is Cc1cc(C#N)n(C2CCC3(CNc4ncc(-c5ccc(N)c(C(=O)N(C)C)c5F)c(Cl)c43)C2)n1. The number of nitrogens with zero attached hydrogens (tertiary/aromatic N) is 5. The standard InChI is InChI=1S/C25H25ClFN7O/c1-13-8-15(10-28)34(32-13)14-6-7-25(9-14)12-31-23-20(25)21(26)17(11-30-23)16-4-5-18(29)19(22(16)27)24(35)33(2)3/h4-5,8,11,14H,6-7,9,12,29H2,1-3H3,(H,30,31). The fourth-order valence-electron chi connectivity index (χ4n) is 5.45. The highest BCUT2D eigenvalue weighted by Crippen LogP contribution is 2.54. The first-order valence-electron chi connectivity index (χ1n) is 11.4. The van der Waals surface area contributed by atoms with Crippen LogP contribution in [0.15, 0.2) is 24.4 Å². The predicted molar refractivity (Wildman–Crippen MR) is 132 cm³/mol. The Bertz CT molecular complexity index is 1410. The number of rotatable bonds is 3. The molecule has 1 amide bonds. The highest BCUT2D eigenvalue weighted by atomic mass is 35.5. The van der Waals surface area contributed by atoms with Gasteiger partial charge in [0.2, 0.25) is 0 Å². The maximum atomic E-state index is 15.6. The second kappa shape index (κ2) is 8.24. The zero-order chi connectivity index (χ0) is 25.1. The second-order valence-corrected chi connectivity index (χ2v) is 9.94. The van der Waals surface area contributed by atoms with Gasteiger partial charge in [0.15, 0.2) is 0 Å². The number of benzene rings is 1. The molecule has 2 aliphatic rings. The van der Waals surface area contributed by atoms with Crippen molar-refractivity contribution in [2.75, 3.05) is 31.7 Å². The normalized spacial score (nSPS) is 20.5. The number of amides is 1. The van der Waals surface area contributed by atoms with Gasteiger partial charge in [0.25, 0.3) is 5.91 Å². The van der Waals surface area contributed by atoms with Gasteiger partial charge in [-0.3, -0.25) is 9.48 Å². The van der Waals surface area contributed by atoms with E-state index in [1.807, 2.05) is 11.6 Å². The Morgan fingerprint density at radius 3 is 2.89 bits per heavy atom. The first kappa shape index (κ1) is 23.1. The van der Waals surface area contributed by atoms with Crippen LogP contribution in [0.4, 0.5) is 15.9 Å². The van der Waals surface area contributed by atoms with Gasteiger partial charge in [0, 0.05) is 54.6 Å². The molecule has 3 heterocycles. The maximum Gasteiger partial charge on any atom is 0.258 e. The van der Waals surface area contributed by atoms with E-state index in [0.717, 1.165) is 30.5 Å². The first-order chi connectivity index (χ1) is 16.7. The number of carbonyl (C=O) groups is 1. The van der Waals surface area contributed by atoms with Crippen molar-refractivity contribution in [3.05, 3.63) is 57.8 Å². The predicted octanol–water partition coefficient (Wildman–Crippen LogP) is 4.29. The van der Waals surface area contributed by atoms with Crippen molar-refractivity contribution < 1.29 is 9.18 Å². The first-order valence-corrected chi connectivity index (χ1v) is 11.7. The number of anilines is 2. The maximum absolute atomic E-state index is 15.6. The smallest absolute Gasteiger partial charge is 0.258 e. The molecule has 1 aliphatic heterocycles. The summed E-state index contributed by atoms with van der Waals surface area (Å²) in [6.45, 7) is 2.52. The van der Waals surface area contributed by atoms with Crippen molar-refractivity contribution in [1.29, 1.82) is 5.26 Å². The van der Waals surface area contributed by atoms with Crippen LogP contribution in [0.3, 0.4) is 0 Å². The second-order valence-electron chi connectivity index (χ2n) is 9.56. The number of nitrogens with one attached hydrogen (secondary N) is 1. The molecule has 0 saturated heterocycles. The van der Waals surface area contributed by atoms with E-state index < -0.39 is 11.7 Å². The van der Waals surface area contributed by atoms with E-state index in [1.165, 1.54) is 23.2 Å². The zero-order valence-corrected chi connectivity index (χ0v) is 20.4. The summed E-state index contributed by atoms with van der Waals surface area (Å²) in [6.07, 6.45) is 3.90. The van der Waals surface area contributed by atoms with Crippen LogP contribution in [0.25, 0.3) is 11.1 Å². The minimum absolute atomic E-state index is 0.0448. The average molecular weight is 494 g/mol. The van der Waals surface area contributed by atoms with E-state index in [9.17, 15) is 10.1 Å². The van der Waals surface area contributed by atoms with E-state index in [1.54, 1.807) is 20.2 Å². The van der Waals surface area contributed by atoms with Gasteiger partial charge < -0.3 is 16.0 Å². The van der Waals surface area contributed by atoms with Gasteiger partial charge in [-0.25, -0.2) is 9.37 Å². The van der Waals surface area contributed by atoms with Crippen LogP contribution < -0.4 is 11.1 Å². The van der Waals surface area contributed by atoms with E-state index in [-0.39, 0.29) is 28.3 Å². The molecule has 10 heteroatoms. The van der Waals surface area contributed by atoms with Crippen molar-refractivity contribution in [2.45, 2.75) is 37.6 Å². The number of fused-ring (bicyclic) bond motifs is 2. The molecule has 1 aromatic carbocycles. The summed E-state index contributed by atoms with van der Waals surface area (Å²) in [7, 11) is 3.09. The monoisotopic (exact) mass is 493 g/mol. The molecule has 3 N–H and O–H groups in total. The fraction of sp³-hybridized carbons (Fsp3) is 0.360. The van der Waals surface area contributed by atoms with Crippen LogP contribution in [0.1, 0.15) is 52.6 Å². The molecule has 0 bridgehead atoms. The molecular weight excluding hydrogens is 469 g/mol. The molecule has 1 spiro atoms. The molecule has 2 atom stereocenters. The minimum Gasteiger partial charge on any atom is -0.398 e. The molecule has 1 fully saturated rings. The molecule has 0 radical (unpaired) electrons. The van der Waals surface area contributed by atoms with Gasteiger partial charge in [0.05, 0.1) is 22.3 Å². The van der Waals surface area contributed by atoms with Crippen LogP contribution >= 0.6 is 11.6 Å². The third kappa shape index (κ3) is 3.51. The van der Waals surface area contributed by atoms with Crippen LogP contribution in [0.2, 0.25) is 5.02 Å². The van der Waals surface area contributed by atoms with Gasteiger partial charge in [-0.1, -0.05) is 11.6 Å². The molecule has 2 aromatic heterocycles. The number of pyridine rings is 1. The van der Waals surface area contributed by atoms with E-state index in [0.29, 0.717) is 28.6 Å². The number of nitrogen functional groups attached to an aromatic ring is 1. The Kier molecular flexibility index (Phi) is 5.44. The van der Waals surface area contributed by atoms with E-state index in [2.05, 4.69) is 21.5 Å². The Morgan fingerprint density at radius 2 is 2.17 bits per heavy atom. The summed E-state index contributed by atoms with van der Waals surface area (Å²) in [4.78, 5) is 18.4. The molecule has 2 unspecified atom stereocenters. The molecule has 180 valence electrons. The largest absolute Gasteiger partial charge is 0.398 e. The minimum atomic E-state index is -0.720. The van der Waals surface area contributed by atoms with E-state index in [4.69, 9.17) is 17.3 Å². The quantitative estimate of drug-likeness (QED) is 0.526. The fourth-order valence-corrected chi connectivity index (χ4v) is 5.89. The number of hydrogen-bond acceptors (Lipinski definition) is 6. The van der Waals surface area contributed by atoms with Gasteiger partial charge in [-0.2, -0.15) is 10.4 Å². The third-order valence-corrected chi connectivity index (χ3v) is 7.52. The van der Waals surface area contributed by atoms with Crippen LogP contribution in [0, 0.1) is 24.1 Å². The van der Waals surface area contributed by atoms with Crippen molar-refractivity contribution in [1.82, 2.24) is 19.7 Å². The lowest BCUT2D eigenvalue weighted by molar-refractivity contribution is 0.0824. The number of aromatic nitrogens is 3. The summed E-state index contributed by atoms with van der Waals surface area (Å²) in [5.74, 6) is -0.564. The molecule has 35 heavy (non-hydrogen) atoms. The van der Waals surface area contributed by atoms with Gasteiger partial charge in [-0.15, -0.1) is 0 Å². The van der Waals surface area contributed by atoms with Crippen LogP contribution in [-0.2, 0) is 5.41 Å². The Balaban J connectivity index is 1.58. The lowest BCUT2D eigenvalue weighted by Crippen LogP contribution is -2.26. The van der Waals surface area contributed by atoms with Crippen molar-refractivity contribution in [3.8, 4) is 17.2 Å². The molecular formula is C25H25ClFN7O. The molecule has 1 saturated carbocycles. The lowest BCUT2D eigenvalue weighted by atomic mass is 9.80. The number of hydrogen-bond donors (Lipinski definition) is 2. The van der Waals surface area contributed by atoms with E-state index >= 15 is 4.39 Å². The molecule has 5 rings (SSSR count). The van der Waals surface area contributed by atoms with Crippen molar-refractivity contribution in [3.63, 3.8) is 0 Å². The van der Waals surface area contributed by atoms with Gasteiger partial charge >= 0.3 is 0 Å². The molecule has 8 nitrogen and oxygen atoms in total. The summed E-state index contributed by atoms with van der Waals surface area (Å²) >= 11 is 6.97. The zero-order valence-electron chi connectivity index (χ0n) is 19.7. The number of aryl methyl sites for hydroxylation is 1. The van der Waals surface area contributed by atoms with Crippen LogP contribution in [-0.4, -0.2) is 46.2 Å². The summed E-state index contributed by atoms with van der Waals surface area (Å²) in [6, 6.07) is 7.11.